The molecule has 0 fully saturated rings. The van der Waals surface area contributed by atoms with Gasteiger partial charge in [0.15, 0.2) is 5.03 Å². The second kappa shape index (κ2) is 4.06. The molecule has 0 aliphatic carbocycles. The highest BCUT2D eigenvalue weighted by molar-refractivity contribution is 7.91. The standard InChI is InChI=1S/C11H11N3O2S/c12-8-1-3-10(4-2-8)17(15,16)11-7-9(13)5-6-14-11/h1-7H,12H2,(H2,13,14). The molecule has 0 atom stereocenters. The predicted octanol–water partition coefficient (Wildman–Crippen LogP) is 1.08. The maximum Gasteiger partial charge on any atom is 0.223 e. The molecule has 0 aliphatic rings. The Morgan fingerprint density at radius 1 is 0.941 bits per heavy atom. The average Bonchev–Trinajstić information content (AvgIpc) is 2.29. The van der Waals surface area contributed by atoms with Crippen molar-refractivity contribution in [3.63, 3.8) is 0 Å². The molecule has 0 bridgehead atoms. The summed E-state index contributed by atoms with van der Waals surface area (Å²) >= 11 is 0. The van der Waals surface area contributed by atoms with E-state index in [1.165, 1.54) is 42.6 Å². The van der Waals surface area contributed by atoms with E-state index in [0.29, 0.717) is 11.4 Å². The van der Waals surface area contributed by atoms with Crippen molar-refractivity contribution in [2.75, 3.05) is 11.5 Å². The highest BCUT2D eigenvalue weighted by atomic mass is 32.2. The van der Waals surface area contributed by atoms with Crippen LogP contribution in [0, 0.1) is 0 Å². The lowest BCUT2D eigenvalue weighted by Crippen LogP contribution is -2.05. The zero-order valence-electron chi connectivity index (χ0n) is 8.87. The van der Waals surface area contributed by atoms with Gasteiger partial charge in [-0.05, 0) is 36.4 Å². The molecule has 1 aromatic heterocycles. The Labute approximate surface area is 99.0 Å². The number of anilines is 2. The van der Waals surface area contributed by atoms with E-state index in [1.54, 1.807) is 0 Å². The largest absolute Gasteiger partial charge is 0.399 e. The lowest BCUT2D eigenvalue weighted by Gasteiger charge is -2.04. The Morgan fingerprint density at radius 2 is 1.59 bits per heavy atom. The minimum absolute atomic E-state index is 0.0673. The van der Waals surface area contributed by atoms with Crippen molar-refractivity contribution in [3.05, 3.63) is 42.6 Å². The summed E-state index contributed by atoms with van der Waals surface area (Å²) in [4.78, 5) is 3.95. The van der Waals surface area contributed by atoms with Crippen LogP contribution in [0.25, 0.3) is 0 Å². The van der Waals surface area contributed by atoms with Crippen LogP contribution in [0.15, 0.2) is 52.5 Å². The molecule has 17 heavy (non-hydrogen) atoms. The lowest BCUT2D eigenvalue weighted by atomic mass is 10.3. The molecule has 0 saturated carbocycles. The number of sulfone groups is 1. The fraction of sp³-hybridized carbons (Fsp3) is 0. The number of nitrogen functional groups attached to an aromatic ring is 2. The minimum atomic E-state index is -3.62. The van der Waals surface area contributed by atoms with Crippen LogP contribution in [0.5, 0.6) is 0 Å². The van der Waals surface area contributed by atoms with Gasteiger partial charge in [0, 0.05) is 17.6 Å². The van der Waals surface area contributed by atoms with Gasteiger partial charge in [-0.2, -0.15) is 0 Å². The van der Waals surface area contributed by atoms with Crippen molar-refractivity contribution in [1.29, 1.82) is 0 Å². The summed E-state index contributed by atoms with van der Waals surface area (Å²) in [5, 5.41) is -0.0673. The van der Waals surface area contributed by atoms with Crippen LogP contribution in [0.4, 0.5) is 11.4 Å². The van der Waals surface area contributed by atoms with Gasteiger partial charge in [0.1, 0.15) is 0 Å². The number of hydrogen-bond donors (Lipinski definition) is 2. The second-order valence-electron chi connectivity index (χ2n) is 3.50. The molecule has 88 valence electrons. The Bertz CT molecular complexity index is 636. The van der Waals surface area contributed by atoms with Gasteiger partial charge in [-0.25, -0.2) is 13.4 Å². The third-order valence-corrected chi connectivity index (χ3v) is 3.89. The SMILES string of the molecule is Nc1ccc(S(=O)(=O)c2cc(N)ccn2)cc1. The van der Waals surface area contributed by atoms with E-state index in [9.17, 15) is 8.42 Å². The highest BCUT2D eigenvalue weighted by Gasteiger charge is 2.18. The Morgan fingerprint density at radius 3 is 2.18 bits per heavy atom. The monoisotopic (exact) mass is 249 g/mol. The zero-order chi connectivity index (χ0) is 12.5. The molecular formula is C11H11N3O2S. The summed E-state index contributed by atoms with van der Waals surface area (Å²) < 4.78 is 24.3. The maximum absolute atomic E-state index is 12.1. The number of aromatic nitrogens is 1. The quantitative estimate of drug-likeness (QED) is 0.776. The summed E-state index contributed by atoms with van der Waals surface area (Å²) in [6.45, 7) is 0. The summed E-state index contributed by atoms with van der Waals surface area (Å²) in [7, 11) is -3.62. The van der Waals surface area contributed by atoms with Crippen LogP contribution in [0.1, 0.15) is 0 Å². The van der Waals surface area contributed by atoms with Crippen LogP contribution in [0.2, 0.25) is 0 Å². The van der Waals surface area contributed by atoms with Crippen LogP contribution < -0.4 is 11.5 Å². The molecule has 4 N–H and O–H groups in total. The molecular weight excluding hydrogens is 238 g/mol. The molecule has 2 rings (SSSR count). The number of hydrogen-bond acceptors (Lipinski definition) is 5. The van der Waals surface area contributed by atoms with E-state index >= 15 is 0 Å². The highest BCUT2D eigenvalue weighted by Crippen LogP contribution is 2.20. The van der Waals surface area contributed by atoms with Crippen LogP contribution >= 0.6 is 0 Å². The van der Waals surface area contributed by atoms with Gasteiger partial charge in [0.2, 0.25) is 9.84 Å². The molecule has 1 aromatic carbocycles. The predicted molar refractivity (Wildman–Crippen MR) is 65.0 cm³/mol. The van der Waals surface area contributed by atoms with Crippen molar-refractivity contribution >= 4 is 21.2 Å². The smallest absolute Gasteiger partial charge is 0.223 e. The van der Waals surface area contributed by atoms with E-state index in [2.05, 4.69) is 4.98 Å². The first-order valence-corrected chi connectivity index (χ1v) is 6.30. The lowest BCUT2D eigenvalue weighted by molar-refractivity contribution is 0.592. The third-order valence-electron chi connectivity index (χ3n) is 2.22. The molecule has 2 aromatic rings. The number of nitrogens with two attached hydrogens (primary N) is 2. The van der Waals surface area contributed by atoms with E-state index in [1.807, 2.05) is 0 Å². The van der Waals surface area contributed by atoms with Gasteiger partial charge in [-0.3, -0.25) is 0 Å². The van der Waals surface area contributed by atoms with E-state index in [0.717, 1.165) is 0 Å². The molecule has 0 radical (unpaired) electrons. The van der Waals surface area contributed by atoms with Crippen LogP contribution in [-0.4, -0.2) is 13.4 Å². The van der Waals surface area contributed by atoms with Gasteiger partial charge in [-0.1, -0.05) is 0 Å². The summed E-state index contributed by atoms with van der Waals surface area (Å²) in [5.74, 6) is 0. The zero-order valence-corrected chi connectivity index (χ0v) is 9.68. The average molecular weight is 249 g/mol. The molecule has 0 spiro atoms. The number of benzene rings is 1. The normalized spacial score (nSPS) is 11.3. The molecule has 1 heterocycles. The van der Waals surface area contributed by atoms with Crippen molar-refractivity contribution in [1.82, 2.24) is 4.98 Å². The van der Waals surface area contributed by atoms with Gasteiger partial charge in [-0.15, -0.1) is 0 Å². The minimum Gasteiger partial charge on any atom is -0.399 e. The fourth-order valence-corrected chi connectivity index (χ4v) is 2.57. The molecule has 0 saturated heterocycles. The summed E-state index contributed by atoms with van der Waals surface area (Å²) in [6, 6.07) is 8.79. The Kier molecular flexibility index (Phi) is 2.72. The number of pyridine rings is 1. The number of nitrogens with zero attached hydrogens (tertiary/aromatic N) is 1. The first-order chi connectivity index (χ1) is 8.00. The Hall–Kier alpha value is -2.08. The molecule has 0 unspecified atom stereocenters. The topological polar surface area (TPSA) is 99.1 Å². The van der Waals surface area contributed by atoms with E-state index < -0.39 is 9.84 Å². The summed E-state index contributed by atoms with van der Waals surface area (Å²) in [5.41, 5.74) is 11.9. The van der Waals surface area contributed by atoms with Gasteiger partial charge in [0.05, 0.1) is 4.90 Å². The molecule has 5 nitrogen and oxygen atoms in total. The fourth-order valence-electron chi connectivity index (χ4n) is 1.34. The van der Waals surface area contributed by atoms with E-state index in [4.69, 9.17) is 11.5 Å². The third kappa shape index (κ3) is 2.21. The van der Waals surface area contributed by atoms with Crippen molar-refractivity contribution in [3.8, 4) is 0 Å². The van der Waals surface area contributed by atoms with Crippen LogP contribution in [-0.2, 0) is 9.84 Å². The second-order valence-corrected chi connectivity index (χ2v) is 5.40. The first kappa shape index (κ1) is 11.4. The van der Waals surface area contributed by atoms with Gasteiger partial charge < -0.3 is 11.5 Å². The summed E-state index contributed by atoms with van der Waals surface area (Å²) in [6.07, 6.45) is 1.36. The van der Waals surface area contributed by atoms with Crippen molar-refractivity contribution in [2.24, 2.45) is 0 Å². The Balaban J connectivity index is 2.54. The van der Waals surface area contributed by atoms with Crippen molar-refractivity contribution < 1.29 is 8.42 Å². The molecule has 0 amide bonds. The van der Waals surface area contributed by atoms with Crippen LogP contribution in [0.3, 0.4) is 0 Å². The maximum atomic E-state index is 12.1. The van der Waals surface area contributed by atoms with Gasteiger partial charge >= 0.3 is 0 Å². The van der Waals surface area contributed by atoms with E-state index in [-0.39, 0.29) is 9.92 Å². The number of rotatable bonds is 2. The molecule has 6 heteroatoms. The van der Waals surface area contributed by atoms with Crippen molar-refractivity contribution in [2.45, 2.75) is 9.92 Å². The first-order valence-electron chi connectivity index (χ1n) is 4.82. The van der Waals surface area contributed by atoms with Gasteiger partial charge in [0.25, 0.3) is 0 Å². The molecule has 0 aliphatic heterocycles.